The Labute approximate surface area is 183 Å². The van der Waals surface area contributed by atoms with Crippen LogP contribution in [0, 0.1) is 11.8 Å². The van der Waals surface area contributed by atoms with E-state index in [1.165, 1.54) is 5.57 Å². The molecule has 0 aromatic carbocycles. The van der Waals surface area contributed by atoms with Gasteiger partial charge in [0.1, 0.15) is 11.7 Å². The fourth-order valence-corrected chi connectivity index (χ4v) is 5.15. The minimum absolute atomic E-state index is 0.0935. The van der Waals surface area contributed by atoms with Gasteiger partial charge in [0.05, 0.1) is 13.2 Å². The molecule has 1 heterocycles. The zero-order valence-electron chi connectivity index (χ0n) is 19.9. The van der Waals surface area contributed by atoms with Crippen LogP contribution in [0.2, 0.25) is 18.1 Å². The van der Waals surface area contributed by atoms with Crippen molar-refractivity contribution in [1.82, 2.24) is 0 Å². The first-order valence-corrected chi connectivity index (χ1v) is 14.0. The van der Waals surface area contributed by atoms with E-state index in [0.29, 0.717) is 6.61 Å². The Kier molecular flexibility index (Phi) is 6.32. The van der Waals surface area contributed by atoms with Gasteiger partial charge in [-0.1, -0.05) is 38.7 Å². The van der Waals surface area contributed by atoms with E-state index in [0.717, 1.165) is 36.0 Å². The minimum atomic E-state index is -1.77. The van der Waals surface area contributed by atoms with Gasteiger partial charge in [-0.2, -0.15) is 0 Å². The quantitative estimate of drug-likeness (QED) is 0.488. The fraction of sp³-hybridized carbons (Fsp3) is 0.680. The molecule has 2 aliphatic carbocycles. The summed E-state index contributed by atoms with van der Waals surface area (Å²) in [4.78, 5) is 0. The predicted molar refractivity (Wildman–Crippen MR) is 123 cm³/mol. The van der Waals surface area contributed by atoms with Gasteiger partial charge in [0, 0.05) is 11.1 Å². The minimum Gasteiger partial charge on any atom is -0.413 e. The van der Waals surface area contributed by atoms with Crippen LogP contribution in [-0.4, -0.2) is 44.1 Å². The highest BCUT2D eigenvalue weighted by Crippen LogP contribution is 2.60. The molecule has 5 heteroatoms. The molecule has 2 fully saturated rings. The van der Waals surface area contributed by atoms with Crippen molar-refractivity contribution < 1.29 is 19.0 Å². The van der Waals surface area contributed by atoms with Crippen LogP contribution in [0.25, 0.3) is 0 Å². The second-order valence-corrected chi connectivity index (χ2v) is 15.5. The Morgan fingerprint density at radius 3 is 2.67 bits per heavy atom. The Morgan fingerprint density at radius 1 is 1.33 bits per heavy atom. The average Bonchev–Trinajstić information content (AvgIpc) is 2.83. The molecule has 3 rings (SSSR count). The van der Waals surface area contributed by atoms with E-state index >= 15 is 0 Å². The van der Waals surface area contributed by atoms with Crippen LogP contribution in [-0.2, 0) is 13.9 Å². The molecule has 30 heavy (non-hydrogen) atoms. The third-order valence-corrected chi connectivity index (χ3v) is 11.4. The largest absolute Gasteiger partial charge is 0.413 e. The summed E-state index contributed by atoms with van der Waals surface area (Å²) in [5.41, 5.74) is 3.54. The Morgan fingerprint density at radius 2 is 2.03 bits per heavy atom. The van der Waals surface area contributed by atoms with Crippen molar-refractivity contribution >= 4 is 8.32 Å². The van der Waals surface area contributed by atoms with E-state index in [1.807, 2.05) is 26.8 Å². The number of hydrogen-bond donors (Lipinski definition) is 1. The van der Waals surface area contributed by atoms with Gasteiger partial charge >= 0.3 is 0 Å². The van der Waals surface area contributed by atoms with Gasteiger partial charge in [0.15, 0.2) is 14.1 Å². The van der Waals surface area contributed by atoms with Crippen LogP contribution in [0.1, 0.15) is 60.8 Å². The topological polar surface area (TPSA) is 47.9 Å². The molecular formula is C25H38O4Si. The summed E-state index contributed by atoms with van der Waals surface area (Å²) in [5, 5.41) is 10.3. The summed E-state index contributed by atoms with van der Waals surface area (Å²) < 4.78 is 18.8. The van der Waals surface area contributed by atoms with Gasteiger partial charge in [-0.25, -0.2) is 0 Å². The van der Waals surface area contributed by atoms with Crippen LogP contribution >= 0.6 is 0 Å². The summed E-state index contributed by atoms with van der Waals surface area (Å²) >= 11 is 0. The lowest BCUT2D eigenvalue weighted by Crippen LogP contribution is -2.55. The van der Waals surface area contributed by atoms with Crippen molar-refractivity contribution in [2.24, 2.45) is 0 Å². The normalized spacial score (nSPS) is 29.8. The van der Waals surface area contributed by atoms with Crippen molar-refractivity contribution in [1.29, 1.82) is 0 Å². The van der Waals surface area contributed by atoms with Gasteiger partial charge in [-0.05, 0) is 75.4 Å². The number of allylic oxidation sites excluding steroid dienone is 2. The maximum absolute atomic E-state index is 10.1. The lowest BCUT2D eigenvalue weighted by atomic mass is 9.61. The summed E-state index contributed by atoms with van der Waals surface area (Å²) in [5.74, 6) is 5.80. The standard InChI is InChI=1S/C25H38O4Si/c1-18(14-16-27-30(7,8)23(2,3)4)12-13-19(17-26)21-20-11-9-10-15-25(20)22(21)28-24(5,6)29-25/h11,14,22,26H,9-10,15-17H2,1-8H3/b18-14-,21-19-/t22-,25+/m0/s1. The summed E-state index contributed by atoms with van der Waals surface area (Å²) in [6, 6.07) is 0. The zero-order chi connectivity index (χ0) is 22.4. The van der Waals surface area contributed by atoms with Crippen LogP contribution < -0.4 is 0 Å². The summed E-state index contributed by atoms with van der Waals surface area (Å²) in [6.07, 6.45) is 7.24. The molecule has 166 valence electrons. The maximum atomic E-state index is 10.1. The summed E-state index contributed by atoms with van der Waals surface area (Å²) in [6.45, 7) is 17.6. The molecule has 2 atom stereocenters. The second-order valence-electron chi connectivity index (χ2n) is 10.7. The van der Waals surface area contributed by atoms with Gasteiger partial charge in [0.25, 0.3) is 0 Å². The van der Waals surface area contributed by atoms with E-state index < -0.39 is 14.1 Å². The molecule has 1 N–H and O–H groups in total. The Hall–Kier alpha value is -1.16. The van der Waals surface area contributed by atoms with Crippen LogP contribution in [0.15, 0.2) is 34.4 Å². The Balaban J connectivity index is 1.79. The van der Waals surface area contributed by atoms with E-state index in [9.17, 15) is 5.11 Å². The number of hydrogen-bond acceptors (Lipinski definition) is 4. The van der Waals surface area contributed by atoms with Crippen LogP contribution in [0.4, 0.5) is 0 Å². The fourth-order valence-electron chi connectivity index (χ4n) is 4.21. The number of aliphatic hydroxyl groups excluding tert-OH is 1. The van der Waals surface area contributed by atoms with E-state index in [1.54, 1.807) is 0 Å². The van der Waals surface area contributed by atoms with Crippen molar-refractivity contribution in [3.63, 3.8) is 0 Å². The molecule has 0 radical (unpaired) electrons. The van der Waals surface area contributed by atoms with Crippen LogP contribution in [0.5, 0.6) is 0 Å². The van der Waals surface area contributed by atoms with Crippen molar-refractivity contribution in [3.8, 4) is 11.8 Å². The molecule has 3 aliphatic rings. The SMILES string of the molecule is C/C(C#C/C(CO)=C1\C2=CCCC[C@@]23OC(C)(C)O[C@@H]13)=C/CO[Si](C)(C)C(C)(C)C. The summed E-state index contributed by atoms with van der Waals surface area (Å²) in [7, 11) is -1.77. The molecule has 0 aromatic heterocycles. The molecule has 0 aromatic rings. The molecule has 0 bridgehead atoms. The van der Waals surface area contributed by atoms with E-state index in [2.05, 4.69) is 51.8 Å². The lowest BCUT2D eigenvalue weighted by Gasteiger charge is -2.49. The molecule has 1 saturated carbocycles. The van der Waals surface area contributed by atoms with Crippen molar-refractivity contribution in [3.05, 3.63) is 34.4 Å². The van der Waals surface area contributed by atoms with Gasteiger partial charge in [-0.15, -0.1) is 0 Å². The number of aliphatic hydroxyl groups is 1. The van der Waals surface area contributed by atoms with E-state index in [-0.39, 0.29) is 23.4 Å². The highest BCUT2D eigenvalue weighted by atomic mass is 28.4. The number of ether oxygens (including phenoxy) is 2. The third-order valence-electron chi connectivity index (χ3n) is 6.90. The third kappa shape index (κ3) is 4.26. The average molecular weight is 431 g/mol. The highest BCUT2D eigenvalue weighted by Gasteiger charge is 2.66. The van der Waals surface area contributed by atoms with Crippen molar-refractivity contribution in [2.75, 3.05) is 13.2 Å². The molecule has 1 spiro atoms. The molecule has 0 unspecified atom stereocenters. The molecule has 0 amide bonds. The highest BCUT2D eigenvalue weighted by molar-refractivity contribution is 6.74. The predicted octanol–water partition coefficient (Wildman–Crippen LogP) is 5.26. The van der Waals surface area contributed by atoms with Crippen molar-refractivity contribution in [2.45, 2.75) is 96.4 Å². The Bertz CT molecular complexity index is 845. The number of rotatable bonds is 4. The maximum Gasteiger partial charge on any atom is 0.192 e. The van der Waals surface area contributed by atoms with E-state index in [4.69, 9.17) is 13.9 Å². The molecule has 4 nitrogen and oxygen atoms in total. The van der Waals surface area contributed by atoms with Crippen LogP contribution in [0.3, 0.4) is 0 Å². The smallest absolute Gasteiger partial charge is 0.192 e. The van der Waals surface area contributed by atoms with Gasteiger partial charge in [0.2, 0.25) is 0 Å². The van der Waals surface area contributed by atoms with Gasteiger partial charge in [-0.3, -0.25) is 0 Å². The first-order valence-electron chi connectivity index (χ1n) is 11.1. The first-order chi connectivity index (χ1) is 13.8. The van der Waals surface area contributed by atoms with Gasteiger partial charge < -0.3 is 19.0 Å². The molecular weight excluding hydrogens is 392 g/mol. The first kappa shape index (κ1) is 23.5. The second kappa shape index (κ2) is 8.07. The monoisotopic (exact) mass is 430 g/mol. The molecule has 1 aliphatic heterocycles. The molecule has 1 saturated heterocycles. The lowest BCUT2D eigenvalue weighted by molar-refractivity contribution is -0.153. The zero-order valence-corrected chi connectivity index (χ0v) is 20.9.